The average molecular weight is 502 g/mol. The summed E-state index contributed by atoms with van der Waals surface area (Å²) in [6.45, 7) is 5.80. The lowest BCUT2D eigenvalue weighted by Crippen LogP contribution is -1.92. The first-order chi connectivity index (χ1) is 18.3. The minimum atomic E-state index is -0.431. The Morgan fingerprint density at radius 3 is 2.11 bits per heavy atom. The molecule has 0 aliphatic rings. The number of rotatable bonds is 6. The van der Waals surface area contributed by atoms with Crippen LogP contribution in [0.2, 0.25) is 0 Å². The molecule has 5 rings (SSSR count). The third-order valence-electron chi connectivity index (χ3n) is 6.21. The van der Waals surface area contributed by atoms with Gasteiger partial charge in [0.2, 0.25) is 5.88 Å². The molecular weight excluding hydrogens is 478 g/mol. The molecule has 0 radical (unpaired) electrons. The normalized spacial score (nSPS) is 11.1. The van der Waals surface area contributed by atoms with Gasteiger partial charge in [-0.05, 0) is 50.1 Å². The lowest BCUT2D eigenvalue weighted by Gasteiger charge is -2.05. The summed E-state index contributed by atoms with van der Waals surface area (Å²) in [4.78, 5) is 15.6. The van der Waals surface area contributed by atoms with E-state index >= 15 is 0 Å². The summed E-state index contributed by atoms with van der Waals surface area (Å²) >= 11 is 0. The van der Waals surface area contributed by atoms with Gasteiger partial charge in [-0.1, -0.05) is 65.7 Å². The first-order valence-electron chi connectivity index (χ1n) is 11.9. The minimum absolute atomic E-state index is 0.0360. The van der Waals surface area contributed by atoms with Gasteiger partial charge < -0.3 is 8.83 Å². The van der Waals surface area contributed by atoms with Gasteiger partial charge in [0.25, 0.3) is 5.69 Å². The first-order valence-corrected chi connectivity index (χ1v) is 11.9. The number of benzene rings is 3. The van der Waals surface area contributed by atoms with Crippen molar-refractivity contribution in [3.63, 3.8) is 0 Å². The monoisotopic (exact) mass is 501 g/mol. The quantitative estimate of drug-likeness (QED) is 0.132. The second-order valence-electron chi connectivity index (χ2n) is 9.07. The number of aryl methyl sites for hydroxylation is 3. The summed E-state index contributed by atoms with van der Waals surface area (Å²) < 4.78 is 12.0. The van der Waals surface area contributed by atoms with Crippen molar-refractivity contribution in [1.82, 2.24) is 0 Å². The predicted octanol–water partition coefficient (Wildman–Crippen LogP) is 8.33. The van der Waals surface area contributed by atoms with Crippen molar-refractivity contribution in [2.45, 2.75) is 20.8 Å². The fourth-order valence-corrected chi connectivity index (χ4v) is 4.21. The highest BCUT2D eigenvalue weighted by molar-refractivity contribution is 5.89. The number of nitro groups is 1. The standard InChI is InChI=1S/C31H23N3O4/c1-19-4-9-22(10-5-19)29-26(17-32)31(38-30(29)23-11-6-20(2)7-12-23)33-18-24-13-15-28(37-24)25-14-8-21(3)16-27(25)34(35)36/h4-16,18H,1-3H3. The van der Waals surface area contributed by atoms with Gasteiger partial charge in [0, 0.05) is 17.2 Å². The van der Waals surface area contributed by atoms with E-state index in [1.165, 1.54) is 12.3 Å². The Kier molecular flexibility index (Phi) is 6.46. The summed E-state index contributed by atoms with van der Waals surface area (Å²) in [5.41, 5.74) is 5.98. The number of hydrogen-bond acceptors (Lipinski definition) is 6. The highest BCUT2D eigenvalue weighted by Gasteiger charge is 2.23. The molecule has 0 amide bonds. The molecule has 2 aromatic heterocycles. The van der Waals surface area contributed by atoms with Crippen molar-refractivity contribution < 1.29 is 13.8 Å². The SMILES string of the molecule is Cc1ccc(-c2oc(N=Cc3ccc(-c4ccc(C)cc4[N+](=O)[O-])o3)c(C#N)c2-c2ccc(C)cc2)cc1. The lowest BCUT2D eigenvalue weighted by atomic mass is 9.97. The predicted molar refractivity (Wildman–Crippen MR) is 147 cm³/mol. The summed E-state index contributed by atoms with van der Waals surface area (Å²) in [5.74, 6) is 1.41. The lowest BCUT2D eigenvalue weighted by molar-refractivity contribution is -0.384. The second-order valence-corrected chi connectivity index (χ2v) is 9.07. The molecule has 0 aliphatic carbocycles. The number of aliphatic imine (C=N–C) groups is 1. The minimum Gasteiger partial charge on any atom is -0.455 e. The molecule has 5 aromatic rings. The van der Waals surface area contributed by atoms with Crippen molar-refractivity contribution in [2.24, 2.45) is 4.99 Å². The largest absolute Gasteiger partial charge is 0.455 e. The van der Waals surface area contributed by atoms with E-state index in [2.05, 4.69) is 11.1 Å². The van der Waals surface area contributed by atoms with Crippen molar-refractivity contribution in [1.29, 1.82) is 5.26 Å². The van der Waals surface area contributed by atoms with Gasteiger partial charge in [-0.2, -0.15) is 5.26 Å². The number of hydrogen-bond donors (Lipinski definition) is 0. The summed E-state index contributed by atoms with van der Waals surface area (Å²) in [7, 11) is 0. The van der Waals surface area contributed by atoms with E-state index in [1.807, 2.05) is 62.4 Å². The number of nitro benzene ring substituents is 1. The molecular formula is C31H23N3O4. The van der Waals surface area contributed by atoms with Crippen LogP contribution in [0.1, 0.15) is 28.0 Å². The Labute approximate surface area is 219 Å². The van der Waals surface area contributed by atoms with Crippen LogP contribution >= 0.6 is 0 Å². The smallest absolute Gasteiger partial charge is 0.280 e. The molecule has 7 heteroatoms. The Hall–Kier alpha value is -5.22. The number of nitrogens with zero attached hydrogens (tertiary/aromatic N) is 3. The molecule has 38 heavy (non-hydrogen) atoms. The molecule has 0 saturated heterocycles. The van der Waals surface area contributed by atoms with E-state index in [4.69, 9.17) is 8.83 Å². The molecule has 7 nitrogen and oxygen atoms in total. The highest BCUT2D eigenvalue weighted by atomic mass is 16.6. The molecule has 0 fully saturated rings. The van der Waals surface area contributed by atoms with E-state index in [0.29, 0.717) is 34.0 Å². The van der Waals surface area contributed by atoms with Crippen LogP contribution in [-0.2, 0) is 0 Å². The fraction of sp³-hybridized carbons (Fsp3) is 0.0968. The second kappa shape index (κ2) is 10.0. The average Bonchev–Trinajstić information content (AvgIpc) is 3.53. The number of furan rings is 2. The van der Waals surface area contributed by atoms with Crippen LogP contribution in [0.25, 0.3) is 33.8 Å². The van der Waals surface area contributed by atoms with Crippen molar-refractivity contribution >= 4 is 17.8 Å². The third kappa shape index (κ3) is 4.75. The zero-order valence-corrected chi connectivity index (χ0v) is 21.1. The Morgan fingerprint density at radius 2 is 1.47 bits per heavy atom. The molecule has 0 bridgehead atoms. The zero-order chi connectivity index (χ0) is 26.8. The molecule has 2 heterocycles. The summed E-state index contributed by atoms with van der Waals surface area (Å²) in [6, 6.07) is 26.3. The van der Waals surface area contributed by atoms with E-state index in [0.717, 1.165) is 27.8 Å². The van der Waals surface area contributed by atoms with Crippen LogP contribution in [0.3, 0.4) is 0 Å². The van der Waals surface area contributed by atoms with Gasteiger partial charge in [-0.15, -0.1) is 0 Å². The Balaban J connectivity index is 1.57. The van der Waals surface area contributed by atoms with Crippen LogP contribution in [0.4, 0.5) is 11.6 Å². The molecule has 186 valence electrons. The van der Waals surface area contributed by atoms with Crippen molar-refractivity contribution in [3.8, 4) is 39.8 Å². The van der Waals surface area contributed by atoms with Gasteiger partial charge >= 0.3 is 0 Å². The van der Waals surface area contributed by atoms with Gasteiger partial charge in [0.05, 0.1) is 16.7 Å². The van der Waals surface area contributed by atoms with E-state index in [-0.39, 0.29) is 11.6 Å². The molecule has 0 saturated carbocycles. The maximum atomic E-state index is 11.5. The van der Waals surface area contributed by atoms with Crippen LogP contribution < -0.4 is 0 Å². The fourth-order valence-electron chi connectivity index (χ4n) is 4.21. The van der Waals surface area contributed by atoms with Crippen LogP contribution in [-0.4, -0.2) is 11.1 Å². The molecule has 0 N–H and O–H groups in total. The maximum Gasteiger partial charge on any atom is 0.280 e. The van der Waals surface area contributed by atoms with Crippen molar-refractivity contribution in [2.75, 3.05) is 0 Å². The molecule has 0 spiro atoms. The Morgan fingerprint density at radius 1 is 0.842 bits per heavy atom. The number of nitriles is 1. The van der Waals surface area contributed by atoms with Gasteiger partial charge in [0.1, 0.15) is 28.9 Å². The highest BCUT2D eigenvalue weighted by Crippen LogP contribution is 2.42. The van der Waals surface area contributed by atoms with Gasteiger partial charge in [0.15, 0.2) is 0 Å². The zero-order valence-electron chi connectivity index (χ0n) is 21.1. The first kappa shape index (κ1) is 24.5. The topological polar surface area (TPSA) is 106 Å². The third-order valence-corrected chi connectivity index (χ3v) is 6.21. The summed E-state index contributed by atoms with van der Waals surface area (Å²) in [5, 5.41) is 21.6. The van der Waals surface area contributed by atoms with Gasteiger partial charge in [-0.3, -0.25) is 10.1 Å². The van der Waals surface area contributed by atoms with Crippen LogP contribution in [0.5, 0.6) is 0 Å². The molecule has 0 atom stereocenters. The summed E-state index contributed by atoms with van der Waals surface area (Å²) in [6.07, 6.45) is 1.45. The maximum absolute atomic E-state index is 11.5. The van der Waals surface area contributed by atoms with Crippen LogP contribution in [0, 0.1) is 42.2 Å². The van der Waals surface area contributed by atoms with Gasteiger partial charge in [-0.25, -0.2) is 4.99 Å². The molecule has 3 aromatic carbocycles. The van der Waals surface area contributed by atoms with E-state index < -0.39 is 4.92 Å². The molecule has 0 aliphatic heterocycles. The Bertz CT molecular complexity index is 1720. The van der Waals surface area contributed by atoms with E-state index in [1.54, 1.807) is 31.2 Å². The van der Waals surface area contributed by atoms with E-state index in [9.17, 15) is 15.4 Å². The molecule has 0 unspecified atom stereocenters. The van der Waals surface area contributed by atoms with Crippen LogP contribution in [0.15, 0.2) is 92.7 Å². The van der Waals surface area contributed by atoms with Crippen molar-refractivity contribution in [3.05, 3.63) is 117 Å².